The van der Waals surface area contributed by atoms with Crippen molar-refractivity contribution in [1.82, 2.24) is 15.0 Å². The number of nitrogens with zero attached hydrogens (tertiary/aromatic N) is 1. The molecule has 0 fully saturated rings. The lowest BCUT2D eigenvalue weighted by Crippen LogP contribution is -2.47. The Morgan fingerprint density at radius 2 is 1.52 bits per heavy atom. The molecule has 162 valence electrons. The van der Waals surface area contributed by atoms with Gasteiger partial charge in [0.15, 0.2) is 0 Å². The Bertz CT molecular complexity index is 1720. The summed E-state index contributed by atoms with van der Waals surface area (Å²) in [6.45, 7) is 3.53. The second-order valence-corrected chi connectivity index (χ2v) is 7.83. The van der Waals surface area contributed by atoms with E-state index in [1.165, 1.54) is 6.08 Å². The van der Waals surface area contributed by atoms with Crippen LogP contribution in [0.15, 0.2) is 76.3 Å². The number of hydrogen-bond acceptors (Lipinski definition) is 3. The van der Waals surface area contributed by atoms with Gasteiger partial charge in [-0.05, 0) is 48.0 Å². The van der Waals surface area contributed by atoms with E-state index in [-0.39, 0.29) is 16.6 Å². The molecule has 0 saturated heterocycles. The number of fused-ring (bicyclic) bond motifs is 3. The number of nitrogens with one attached hydrogen (secondary N) is 3. The van der Waals surface area contributed by atoms with E-state index in [1.807, 2.05) is 42.5 Å². The van der Waals surface area contributed by atoms with Crippen molar-refractivity contribution < 1.29 is 4.79 Å². The number of amides is 1. The number of hydrogen-bond donors (Lipinski definition) is 3. The van der Waals surface area contributed by atoms with Gasteiger partial charge in [0.05, 0.1) is 0 Å². The average molecular weight is 436 g/mol. The first-order chi connectivity index (χ1) is 15.9. The summed E-state index contributed by atoms with van der Waals surface area (Å²) >= 11 is 0. The Balaban J connectivity index is 1.46. The van der Waals surface area contributed by atoms with Crippen molar-refractivity contribution in [2.45, 2.75) is 0 Å². The van der Waals surface area contributed by atoms with Crippen molar-refractivity contribution in [3.63, 3.8) is 0 Å². The zero-order valence-corrected chi connectivity index (χ0v) is 17.8. The fourth-order valence-corrected chi connectivity index (χ4v) is 3.93. The van der Waals surface area contributed by atoms with Crippen molar-refractivity contribution in [2.24, 2.45) is 0 Å². The minimum atomic E-state index is -0.507. The van der Waals surface area contributed by atoms with E-state index in [1.54, 1.807) is 36.2 Å². The maximum Gasteiger partial charge on any atom is 0.262 e. The second-order valence-electron chi connectivity index (χ2n) is 7.83. The van der Waals surface area contributed by atoms with Crippen LogP contribution in [0.2, 0.25) is 0 Å². The molecule has 3 aromatic carbocycles. The Kier molecular flexibility index (Phi) is 4.79. The highest BCUT2D eigenvalue weighted by atomic mass is 16.2. The molecule has 0 aliphatic carbocycles. The number of carbonyl (C=O) groups excluding carboxylic acids is 1. The Hall–Kier alpha value is -4.65. The van der Waals surface area contributed by atoms with Gasteiger partial charge in [-0.15, -0.1) is 0 Å². The van der Waals surface area contributed by atoms with Crippen LogP contribution in [0, 0.1) is 0 Å². The van der Waals surface area contributed by atoms with Crippen LogP contribution < -0.4 is 26.7 Å². The van der Waals surface area contributed by atoms with Gasteiger partial charge in [-0.25, -0.2) is 0 Å². The third-order valence-electron chi connectivity index (χ3n) is 5.67. The van der Waals surface area contributed by atoms with Crippen molar-refractivity contribution in [1.29, 1.82) is 0 Å². The lowest BCUT2D eigenvalue weighted by molar-refractivity contribution is 0.0993. The fraction of sp³-hybridized carbons (Fsp3) is 0.0385. The van der Waals surface area contributed by atoms with Gasteiger partial charge >= 0.3 is 0 Å². The van der Waals surface area contributed by atoms with E-state index in [0.29, 0.717) is 16.8 Å². The molecule has 7 heteroatoms. The Morgan fingerprint density at radius 1 is 0.848 bits per heavy atom. The first-order valence-electron chi connectivity index (χ1n) is 10.3. The van der Waals surface area contributed by atoms with Crippen LogP contribution in [-0.2, 0) is 0 Å². The summed E-state index contributed by atoms with van der Waals surface area (Å²) in [5.74, 6) is -0.141. The molecule has 5 rings (SSSR count). The number of anilines is 1. The molecular formula is C26H20N4O3. The molecule has 7 nitrogen and oxygen atoms in total. The molecule has 5 aromatic rings. The molecule has 0 atom stereocenters. The third-order valence-corrected chi connectivity index (χ3v) is 5.67. The maximum absolute atomic E-state index is 13.2. The van der Waals surface area contributed by atoms with Crippen molar-refractivity contribution >= 4 is 46.1 Å². The normalized spacial score (nSPS) is 11.1. The van der Waals surface area contributed by atoms with E-state index < -0.39 is 11.1 Å². The van der Waals surface area contributed by atoms with Crippen LogP contribution in [0.25, 0.3) is 34.5 Å². The molecule has 0 aliphatic heterocycles. The van der Waals surface area contributed by atoms with E-state index in [0.717, 1.165) is 21.8 Å². The third kappa shape index (κ3) is 3.65. The van der Waals surface area contributed by atoms with Gasteiger partial charge in [-0.2, -0.15) is 0 Å². The van der Waals surface area contributed by atoms with Crippen LogP contribution in [-0.4, -0.2) is 27.9 Å². The summed E-state index contributed by atoms with van der Waals surface area (Å²) in [5.41, 5.74) is 3.08. The van der Waals surface area contributed by atoms with Gasteiger partial charge in [-0.3, -0.25) is 14.4 Å². The molecule has 1 amide bonds. The SMILES string of the molecule is C=c1[nH]c(=O)c(=Cc2ccc(N(C)C(=O)c3ccc4[nH]c5ccccc5c4c3)cc2)c(=O)[nH]1. The summed E-state index contributed by atoms with van der Waals surface area (Å²) in [6, 6.07) is 20.7. The molecular weight excluding hydrogens is 416 g/mol. The zero-order chi connectivity index (χ0) is 23.1. The standard InChI is InChI=1S/C26H20N4O3/c1-15-27-24(31)21(25(32)28-15)13-16-7-10-18(11-8-16)30(2)26(33)17-9-12-23-20(14-17)19-5-3-4-6-22(19)29-23/h3-14,29H,1H2,2H3,(H,27,31)(H,28,32). The highest BCUT2D eigenvalue weighted by Gasteiger charge is 2.15. The fourth-order valence-electron chi connectivity index (χ4n) is 3.93. The van der Waals surface area contributed by atoms with Gasteiger partial charge in [-0.1, -0.05) is 36.9 Å². The largest absolute Gasteiger partial charge is 0.355 e. The van der Waals surface area contributed by atoms with E-state index in [9.17, 15) is 14.4 Å². The molecule has 2 heterocycles. The number of H-pyrrole nitrogens is 3. The zero-order valence-electron chi connectivity index (χ0n) is 17.8. The summed E-state index contributed by atoms with van der Waals surface area (Å²) < 4.78 is 0. The molecule has 0 spiro atoms. The van der Waals surface area contributed by atoms with Gasteiger partial charge in [0.2, 0.25) is 0 Å². The summed E-state index contributed by atoms with van der Waals surface area (Å²) in [4.78, 5) is 47.1. The quantitative estimate of drug-likeness (QED) is 0.404. The van der Waals surface area contributed by atoms with Gasteiger partial charge in [0, 0.05) is 40.1 Å². The predicted molar refractivity (Wildman–Crippen MR) is 131 cm³/mol. The van der Waals surface area contributed by atoms with Crippen LogP contribution in [0.1, 0.15) is 15.9 Å². The highest BCUT2D eigenvalue weighted by molar-refractivity contribution is 6.12. The Morgan fingerprint density at radius 3 is 2.24 bits per heavy atom. The van der Waals surface area contributed by atoms with E-state index in [2.05, 4.69) is 21.5 Å². The lowest BCUT2D eigenvalue weighted by Gasteiger charge is -2.17. The predicted octanol–water partition coefficient (Wildman–Crippen LogP) is 2.21. The maximum atomic E-state index is 13.2. The monoisotopic (exact) mass is 436 g/mol. The molecule has 3 N–H and O–H groups in total. The van der Waals surface area contributed by atoms with Gasteiger partial charge in [0.1, 0.15) is 10.7 Å². The molecule has 2 aromatic heterocycles. The van der Waals surface area contributed by atoms with E-state index in [4.69, 9.17) is 0 Å². The van der Waals surface area contributed by atoms with Crippen LogP contribution in [0.4, 0.5) is 5.69 Å². The lowest BCUT2D eigenvalue weighted by atomic mass is 10.1. The molecule has 0 radical (unpaired) electrons. The summed E-state index contributed by atoms with van der Waals surface area (Å²) in [6.07, 6.45) is 1.49. The molecule has 0 aliphatic rings. The van der Waals surface area contributed by atoms with Crippen LogP contribution in [0.3, 0.4) is 0 Å². The number of rotatable bonds is 3. The molecule has 0 bridgehead atoms. The number of benzene rings is 3. The summed E-state index contributed by atoms with van der Waals surface area (Å²) in [5, 5.41) is 2.06. The molecule has 0 saturated carbocycles. The smallest absolute Gasteiger partial charge is 0.262 e. The minimum absolute atomic E-state index is 0.00777. The van der Waals surface area contributed by atoms with Crippen molar-refractivity contribution in [2.75, 3.05) is 11.9 Å². The van der Waals surface area contributed by atoms with Gasteiger partial charge in [0.25, 0.3) is 17.0 Å². The minimum Gasteiger partial charge on any atom is -0.355 e. The molecule has 0 unspecified atom stereocenters. The average Bonchev–Trinajstić information content (AvgIpc) is 3.19. The second kappa shape index (κ2) is 7.80. The topological polar surface area (TPSA) is 102 Å². The molecule has 33 heavy (non-hydrogen) atoms. The first kappa shape index (κ1) is 20.3. The van der Waals surface area contributed by atoms with E-state index >= 15 is 0 Å². The van der Waals surface area contributed by atoms with Crippen LogP contribution in [0.5, 0.6) is 0 Å². The summed E-state index contributed by atoms with van der Waals surface area (Å²) in [7, 11) is 1.71. The van der Waals surface area contributed by atoms with Gasteiger partial charge < -0.3 is 19.9 Å². The number of aromatic nitrogens is 3. The Labute approximate surface area is 187 Å². The van der Waals surface area contributed by atoms with Crippen LogP contribution >= 0.6 is 0 Å². The number of aromatic amines is 3. The van der Waals surface area contributed by atoms with Crippen molar-refractivity contribution in [3.05, 3.63) is 109 Å². The highest BCUT2D eigenvalue weighted by Crippen LogP contribution is 2.27. The number of carbonyl (C=O) groups is 1. The van der Waals surface area contributed by atoms with Crippen molar-refractivity contribution in [3.8, 4) is 0 Å². The first-order valence-corrected chi connectivity index (χ1v) is 10.3. The number of para-hydroxylation sites is 1.